The molecule has 0 aliphatic carbocycles. The molecule has 3 N–H and O–H groups in total. The number of hydrogen-bond donors (Lipinski definition) is 3. The highest BCUT2D eigenvalue weighted by atomic mass is 32.2. The molecule has 0 aromatic heterocycles. The molecule has 3 rings (SSSR count). The summed E-state index contributed by atoms with van der Waals surface area (Å²) >= 11 is 0. The van der Waals surface area contributed by atoms with Gasteiger partial charge in [-0.15, -0.1) is 0 Å². The Kier molecular flexibility index (Phi) is 8.23. The van der Waals surface area contributed by atoms with Crippen LogP contribution in [0.25, 0.3) is 0 Å². The van der Waals surface area contributed by atoms with E-state index in [1.807, 2.05) is 0 Å². The average Bonchev–Trinajstić information content (AvgIpc) is 2.81. The number of anilines is 1. The van der Waals surface area contributed by atoms with Gasteiger partial charge in [-0.25, -0.2) is 17.5 Å². The molecule has 0 saturated carbocycles. The number of ether oxygens (including phenoxy) is 2. The molecule has 1 aliphatic heterocycles. The van der Waals surface area contributed by atoms with Gasteiger partial charge < -0.3 is 20.1 Å². The molecular weight excluding hydrogens is 453 g/mol. The van der Waals surface area contributed by atoms with Crippen LogP contribution < -0.4 is 24.8 Å². The van der Waals surface area contributed by atoms with Crippen LogP contribution in [0.2, 0.25) is 0 Å². The third kappa shape index (κ3) is 6.65. The van der Waals surface area contributed by atoms with Crippen LogP contribution >= 0.6 is 0 Å². The quantitative estimate of drug-likeness (QED) is 0.450. The third-order valence-electron chi connectivity index (χ3n) is 4.92. The molecule has 0 bridgehead atoms. The summed E-state index contributed by atoms with van der Waals surface area (Å²) < 4.78 is 52.0. The van der Waals surface area contributed by atoms with E-state index in [0.29, 0.717) is 49.7 Å². The van der Waals surface area contributed by atoms with Gasteiger partial charge in [0, 0.05) is 31.8 Å². The van der Waals surface area contributed by atoms with Crippen LogP contribution in [0.5, 0.6) is 11.5 Å². The van der Waals surface area contributed by atoms with E-state index in [2.05, 4.69) is 15.4 Å². The van der Waals surface area contributed by atoms with Gasteiger partial charge >= 0.3 is 0 Å². The van der Waals surface area contributed by atoms with Crippen LogP contribution in [-0.4, -0.2) is 47.0 Å². The van der Waals surface area contributed by atoms with Crippen LogP contribution in [0.4, 0.5) is 10.1 Å². The first kappa shape index (κ1) is 24.5. The van der Waals surface area contributed by atoms with E-state index in [-0.39, 0.29) is 29.3 Å². The van der Waals surface area contributed by atoms with Crippen LogP contribution in [0.15, 0.2) is 41.3 Å². The lowest BCUT2D eigenvalue weighted by Gasteiger charge is -2.18. The zero-order valence-electron chi connectivity index (χ0n) is 18.1. The molecule has 2 aromatic rings. The van der Waals surface area contributed by atoms with Gasteiger partial charge in [-0.05, 0) is 43.2 Å². The van der Waals surface area contributed by atoms with Gasteiger partial charge in [0.2, 0.25) is 15.9 Å². The number of amides is 2. The van der Waals surface area contributed by atoms with Gasteiger partial charge in [0.25, 0.3) is 5.91 Å². The maximum Gasteiger partial charge on any atom is 0.254 e. The van der Waals surface area contributed by atoms with Crippen molar-refractivity contribution in [2.24, 2.45) is 0 Å². The van der Waals surface area contributed by atoms with Gasteiger partial charge in [0.05, 0.1) is 10.5 Å². The van der Waals surface area contributed by atoms with Gasteiger partial charge in [0.15, 0.2) is 11.5 Å². The summed E-state index contributed by atoms with van der Waals surface area (Å²) in [5.41, 5.74) is 0.174. The summed E-state index contributed by atoms with van der Waals surface area (Å²) in [6.07, 6.45) is 1.93. The molecular formula is C22H26FN3O6S. The molecule has 11 heteroatoms. The second-order valence-electron chi connectivity index (χ2n) is 7.34. The fourth-order valence-electron chi connectivity index (χ4n) is 3.20. The summed E-state index contributed by atoms with van der Waals surface area (Å²) in [6, 6.07) is 8.25. The number of nitrogens with one attached hydrogen (secondary N) is 3. The second-order valence-corrected chi connectivity index (χ2v) is 9.10. The van der Waals surface area contributed by atoms with Crippen molar-refractivity contribution in [2.75, 3.05) is 32.1 Å². The Morgan fingerprint density at radius 1 is 1.00 bits per heavy atom. The first-order chi connectivity index (χ1) is 15.8. The molecule has 0 radical (unpaired) electrons. The maximum absolute atomic E-state index is 13.7. The predicted octanol–water partition coefficient (Wildman–Crippen LogP) is 2.43. The highest BCUT2D eigenvalue weighted by Crippen LogP contribution is 2.32. The second kappa shape index (κ2) is 11.1. The monoisotopic (exact) mass is 479 g/mol. The summed E-state index contributed by atoms with van der Waals surface area (Å²) in [7, 11) is -2.29. The Balaban J connectivity index is 1.39. The van der Waals surface area contributed by atoms with Crippen molar-refractivity contribution >= 4 is 27.5 Å². The lowest BCUT2D eigenvalue weighted by atomic mass is 10.1. The van der Waals surface area contributed by atoms with Gasteiger partial charge in [-0.1, -0.05) is 6.42 Å². The van der Waals surface area contributed by atoms with E-state index in [4.69, 9.17) is 9.47 Å². The molecule has 33 heavy (non-hydrogen) atoms. The number of hydrogen-bond acceptors (Lipinski definition) is 6. The normalized spacial score (nSPS) is 12.8. The highest BCUT2D eigenvalue weighted by Gasteiger charge is 2.19. The van der Waals surface area contributed by atoms with Crippen LogP contribution in [0.1, 0.15) is 36.0 Å². The average molecular weight is 480 g/mol. The number of benzene rings is 2. The van der Waals surface area contributed by atoms with Crippen LogP contribution in [0.3, 0.4) is 0 Å². The Bertz CT molecular complexity index is 1120. The van der Waals surface area contributed by atoms with Crippen molar-refractivity contribution in [3.05, 3.63) is 47.8 Å². The van der Waals surface area contributed by atoms with E-state index in [9.17, 15) is 22.4 Å². The Hall–Kier alpha value is -3.18. The Labute approximate surface area is 191 Å². The van der Waals surface area contributed by atoms with Crippen molar-refractivity contribution in [1.82, 2.24) is 10.0 Å². The number of unbranched alkanes of at least 4 members (excludes halogenated alkanes) is 2. The number of sulfonamides is 1. The zero-order valence-corrected chi connectivity index (χ0v) is 19.0. The van der Waals surface area contributed by atoms with E-state index in [1.54, 1.807) is 6.07 Å². The molecule has 1 heterocycles. The number of carbonyl (C=O) groups excluding carboxylic acids is 2. The number of halogens is 1. The van der Waals surface area contributed by atoms with Crippen molar-refractivity contribution in [3.63, 3.8) is 0 Å². The van der Waals surface area contributed by atoms with Crippen molar-refractivity contribution in [2.45, 2.75) is 30.6 Å². The smallest absolute Gasteiger partial charge is 0.254 e. The minimum absolute atomic E-state index is 0.0987. The van der Waals surface area contributed by atoms with Gasteiger partial charge in [0.1, 0.15) is 19.0 Å². The van der Waals surface area contributed by atoms with Crippen molar-refractivity contribution < 1.29 is 31.9 Å². The summed E-state index contributed by atoms with van der Waals surface area (Å²) in [5.74, 6) is -0.614. The van der Waals surface area contributed by atoms with Crippen molar-refractivity contribution in [3.8, 4) is 11.5 Å². The number of fused-ring (bicyclic) bond motifs is 1. The maximum atomic E-state index is 13.7. The minimum atomic E-state index is -3.68. The van der Waals surface area contributed by atoms with E-state index >= 15 is 0 Å². The molecule has 2 aromatic carbocycles. The SMILES string of the molecule is CNC(=O)c1cc(NC(=O)CCCCCNS(=O)(=O)c2ccc3c(c2)OCCO3)ccc1F. The van der Waals surface area contributed by atoms with E-state index < -0.39 is 21.7 Å². The van der Waals surface area contributed by atoms with E-state index in [1.165, 1.54) is 31.3 Å². The molecule has 178 valence electrons. The molecule has 9 nitrogen and oxygen atoms in total. The zero-order chi connectivity index (χ0) is 23.8. The lowest BCUT2D eigenvalue weighted by molar-refractivity contribution is -0.116. The van der Waals surface area contributed by atoms with Crippen LogP contribution in [0, 0.1) is 5.82 Å². The van der Waals surface area contributed by atoms with Crippen LogP contribution in [-0.2, 0) is 14.8 Å². The number of carbonyl (C=O) groups is 2. The largest absolute Gasteiger partial charge is 0.486 e. The molecule has 0 saturated heterocycles. The molecule has 0 atom stereocenters. The summed E-state index contributed by atoms with van der Waals surface area (Å²) in [5, 5.41) is 4.97. The topological polar surface area (TPSA) is 123 Å². The first-order valence-electron chi connectivity index (χ1n) is 10.5. The number of rotatable bonds is 10. The minimum Gasteiger partial charge on any atom is -0.486 e. The molecule has 1 aliphatic rings. The summed E-state index contributed by atoms with van der Waals surface area (Å²) in [6.45, 7) is 1.02. The van der Waals surface area contributed by atoms with Gasteiger partial charge in [-0.2, -0.15) is 0 Å². The molecule has 0 fully saturated rings. The Morgan fingerprint density at radius 3 is 2.52 bits per heavy atom. The fraction of sp³-hybridized carbons (Fsp3) is 0.364. The lowest BCUT2D eigenvalue weighted by Crippen LogP contribution is -2.25. The molecule has 0 spiro atoms. The fourth-order valence-corrected chi connectivity index (χ4v) is 4.29. The standard InChI is InChI=1S/C22H26FN3O6S/c1-24-22(28)17-13-15(6-8-18(17)23)26-21(27)5-3-2-4-10-25-33(29,30)16-7-9-19-20(14-16)32-12-11-31-19/h6-9,13-14,25H,2-5,10-12H2,1H3,(H,24,28)(H,26,27). The van der Waals surface area contributed by atoms with Crippen molar-refractivity contribution in [1.29, 1.82) is 0 Å². The first-order valence-corrected chi connectivity index (χ1v) is 12.0. The highest BCUT2D eigenvalue weighted by molar-refractivity contribution is 7.89. The molecule has 0 unspecified atom stereocenters. The summed E-state index contributed by atoms with van der Waals surface area (Å²) in [4.78, 5) is 23.8. The predicted molar refractivity (Wildman–Crippen MR) is 120 cm³/mol. The van der Waals surface area contributed by atoms with Gasteiger partial charge in [-0.3, -0.25) is 9.59 Å². The van der Waals surface area contributed by atoms with E-state index in [0.717, 1.165) is 6.07 Å². The Morgan fingerprint density at radius 2 is 1.76 bits per heavy atom. The molecule has 2 amide bonds. The third-order valence-corrected chi connectivity index (χ3v) is 6.38.